The van der Waals surface area contributed by atoms with Crippen LogP contribution in [0.2, 0.25) is 0 Å². The molecule has 0 saturated carbocycles. The average Bonchev–Trinajstić information content (AvgIpc) is 2.65. The standard InChI is InChI=1S/C21H20N2O3S2/c1-12-13-8-6-10-15(25-20(27)22(2)3)17(13)19(24)18-14(12)9-7-11-16(18)26-21(28)23(4)5/h6-11H,1H2,2-5H3. The van der Waals surface area contributed by atoms with Gasteiger partial charge in [-0.1, -0.05) is 30.8 Å². The minimum absolute atomic E-state index is 0.216. The van der Waals surface area contributed by atoms with Gasteiger partial charge in [-0.05, 0) is 53.3 Å². The molecule has 0 atom stereocenters. The lowest BCUT2D eigenvalue weighted by Crippen LogP contribution is -2.28. The maximum absolute atomic E-state index is 13.5. The highest BCUT2D eigenvalue weighted by Crippen LogP contribution is 2.42. The summed E-state index contributed by atoms with van der Waals surface area (Å²) in [5.41, 5.74) is 2.96. The highest BCUT2D eigenvalue weighted by molar-refractivity contribution is 7.80. The van der Waals surface area contributed by atoms with Crippen LogP contribution in [0.5, 0.6) is 11.5 Å². The maximum Gasteiger partial charge on any atom is 0.264 e. The molecule has 0 saturated heterocycles. The molecule has 2 aromatic rings. The fourth-order valence-electron chi connectivity index (χ4n) is 2.84. The molecule has 2 aromatic carbocycles. The van der Waals surface area contributed by atoms with Crippen molar-refractivity contribution in [1.82, 2.24) is 9.80 Å². The first kappa shape index (κ1) is 20.0. The lowest BCUT2D eigenvalue weighted by molar-refractivity contribution is 0.103. The predicted octanol–water partition coefficient (Wildman–Crippen LogP) is 3.74. The Bertz CT molecular complexity index is 935. The van der Waals surface area contributed by atoms with Gasteiger partial charge in [-0.15, -0.1) is 0 Å². The molecule has 0 radical (unpaired) electrons. The average molecular weight is 413 g/mol. The Kier molecular flexibility index (Phi) is 5.49. The van der Waals surface area contributed by atoms with Gasteiger partial charge in [0.25, 0.3) is 10.3 Å². The van der Waals surface area contributed by atoms with Crippen molar-refractivity contribution in [2.45, 2.75) is 0 Å². The molecule has 0 bridgehead atoms. The summed E-state index contributed by atoms with van der Waals surface area (Å²) < 4.78 is 11.6. The van der Waals surface area contributed by atoms with Gasteiger partial charge in [-0.2, -0.15) is 0 Å². The number of carbonyl (C=O) groups excluding carboxylic acids is 1. The van der Waals surface area contributed by atoms with Gasteiger partial charge in [0.05, 0.1) is 11.1 Å². The second-order valence-electron chi connectivity index (χ2n) is 6.69. The van der Waals surface area contributed by atoms with Crippen LogP contribution < -0.4 is 9.47 Å². The highest BCUT2D eigenvalue weighted by atomic mass is 32.1. The molecule has 0 unspecified atom stereocenters. The first-order chi connectivity index (χ1) is 13.2. The molecule has 0 fully saturated rings. The van der Waals surface area contributed by atoms with E-state index in [0.717, 1.165) is 0 Å². The van der Waals surface area contributed by atoms with Gasteiger partial charge in [0, 0.05) is 28.2 Å². The summed E-state index contributed by atoms with van der Waals surface area (Å²) in [6.07, 6.45) is 0. The summed E-state index contributed by atoms with van der Waals surface area (Å²) in [7, 11) is 7.12. The zero-order chi connectivity index (χ0) is 20.6. The molecular formula is C21H20N2O3S2. The molecule has 0 heterocycles. The van der Waals surface area contributed by atoms with Gasteiger partial charge in [0.15, 0.2) is 0 Å². The summed E-state index contributed by atoms with van der Waals surface area (Å²) in [5.74, 6) is 0.558. The number of benzene rings is 2. The van der Waals surface area contributed by atoms with Gasteiger partial charge in [-0.3, -0.25) is 4.79 Å². The van der Waals surface area contributed by atoms with Crippen molar-refractivity contribution < 1.29 is 14.3 Å². The van der Waals surface area contributed by atoms with Crippen molar-refractivity contribution in [3.63, 3.8) is 0 Å². The van der Waals surface area contributed by atoms with Crippen LogP contribution in [0.15, 0.2) is 43.0 Å². The zero-order valence-electron chi connectivity index (χ0n) is 16.1. The molecule has 7 heteroatoms. The Morgan fingerprint density at radius 1 is 0.821 bits per heavy atom. The van der Waals surface area contributed by atoms with Crippen molar-refractivity contribution in [2.75, 3.05) is 28.2 Å². The second-order valence-corrected chi connectivity index (χ2v) is 7.39. The summed E-state index contributed by atoms with van der Waals surface area (Å²) in [6, 6.07) is 10.8. The van der Waals surface area contributed by atoms with Crippen LogP contribution in [0, 0.1) is 0 Å². The Morgan fingerprint density at radius 2 is 1.21 bits per heavy atom. The van der Waals surface area contributed by atoms with Crippen molar-refractivity contribution in [1.29, 1.82) is 0 Å². The fraction of sp³-hybridized carbons (Fsp3) is 0.190. The van der Waals surface area contributed by atoms with E-state index in [2.05, 4.69) is 6.58 Å². The van der Waals surface area contributed by atoms with Crippen LogP contribution >= 0.6 is 24.4 Å². The minimum atomic E-state index is -0.216. The van der Waals surface area contributed by atoms with Crippen LogP contribution in [-0.2, 0) is 0 Å². The molecular weight excluding hydrogens is 392 g/mol. The van der Waals surface area contributed by atoms with Crippen LogP contribution in [0.3, 0.4) is 0 Å². The van der Waals surface area contributed by atoms with Gasteiger partial charge in [0.1, 0.15) is 11.5 Å². The lowest BCUT2D eigenvalue weighted by atomic mass is 9.81. The second kappa shape index (κ2) is 7.69. The fourth-order valence-corrected chi connectivity index (χ4v) is 3.02. The van der Waals surface area contributed by atoms with E-state index in [1.807, 2.05) is 24.3 Å². The zero-order valence-corrected chi connectivity index (χ0v) is 17.7. The van der Waals surface area contributed by atoms with Gasteiger partial charge < -0.3 is 19.3 Å². The molecule has 1 aliphatic rings. The molecule has 144 valence electrons. The molecule has 5 nitrogen and oxygen atoms in total. The number of fused-ring (bicyclic) bond motifs is 2. The molecule has 0 aliphatic heterocycles. The Balaban J connectivity index is 2.13. The number of thiocarbonyl (C=S) groups is 2. The molecule has 0 N–H and O–H groups in total. The molecule has 28 heavy (non-hydrogen) atoms. The Labute approximate surface area is 175 Å². The van der Waals surface area contributed by atoms with Crippen LogP contribution in [0.1, 0.15) is 27.0 Å². The number of hydrogen-bond donors (Lipinski definition) is 0. The quantitative estimate of drug-likeness (QED) is 0.594. The number of hydrogen-bond acceptors (Lipinski definition) is 5. The van der Waals surface area contributed by atoms with Crippen molar-refractivity contribution >= 4 is 46.1 Å². The molecule has 3 rings (SSSR count). The third-order valence-electron chi connectivity index (χ3n) is 4.28. The van der Waals surface area contributed by atoms with Crippen LogP contribution in [-0.4, -0.2) is 54.1 Å². The smallest absolute Gasteiger partial charge is 0.264 e. The number of ketones is 1. The Hall–Kier alpha value is -2.77. The van der Waals surface area contributed by atoms with E-state index in [1.165, 1.54) is 0 Å². The lowest BCUT2D eigenvalue weighted by Gasteiger charge is -2.25. The van der Waals surface area contributed by atoms with Crippen molar-refractivity contribution in [3.8, 4) is 11.5 Å². The summed E-state index contributed by atoms with van der Waals surface area (Å²) in [6.45, 7) is 4.19. The molecule has 1 aliphatic carbocycles. The van der Waals surface area contributed by atoms with E-state index in [0.29, 0.717) is 39.3 Å². The minimum Gasteiger partial charge on any atom is -0.431 e. The van der Waals surface area contributed by atoms with E-state index in [1.54, 1.807) is 50.1 Å². The summed E-state index contributed by atoms with van der Waals surface area (Å²) in [5, 5.41) is 0.520. The van der Waals surface area contributed by atoms with Crippen molar-refractivity contribution in [2.24, 2.45) is 0 Å². The molecule has 0 amide bonds. The van der Waals surface area contributed by atoms with Crippen molar-refractivity contribution in [3.05, 3.63) is 65.2 Å². The van der Waals surface area contributed by atoms with E-state index < -0.39 is 0 Å². The number of ether oxygens (including phenoxy) is 2. The number of carbonyl (C=O) groups is 1. The maximum atomic E-state index is 13.5. The monoisotopic (exact) mass is 412 g/mol. The largest absolute Gasteiger partial charge is 0.431 e. The first-order valence-electron chi connectivity index (χ1n) is 8.51. The summed E-state index contributed by atoms with van der Waals surface area (Å²) in [4.78, 5) is 16.8. The number of rotatable bonds is 2. The van der Waals surface area contributed by atoms with E-state index in [-0.39, 0.29) is 16.1 Å². The van der Waals surface area contributed by atoms with Gasteiger partial charge >= 0.3 is 0 Å². The number of nitrogens with zero attached hydrogens (tertiary/aromatic N) is 2. The summed E-state index contributed by atoms with van der Waals surface area (Å²) >= 11 is 10.5. The highest BCUT2D eigenvalue weighted by Gasteiger charge is 2.32. The van der Waals surface area contributed by atoms with Gasteiger partial charge in [0.2, 0.25) is 5.78 Å². The van der Waals surface area contributed by atoms with E-state index >= 15 is 0 Å². The predicted molar refractivity (Wildman–Crippen MR) is 118 cm³/mol. The van der Waals surface area contributed by atoms with E-state index in [9.17, 15) is 4.79 Å². The molecule has 0 aromatic heterocycles. The third-order valence-corrected chi connectivity index (χ3v) is 5.18. The molecule has 0 spiro atoms. The SMILES string of the molecule is C=C1c2cccc(OC(=S)N(C)C)c2C(=O)c2c(OC(=S)N(C)C)cccc21. The first-order valence-corrected chi connectivity index (χ1v) is 9.32. The van der Waals surface area contributed by atoms with Crippen LogP contribution in [0.4, 0.5) is 0 Å². The van der Waals surface area contributed by atoms with E-state index in [4.69, 9.17) is 33.9 Å². The normalized spacial score (nSPS) is 12.0. The topological polar surface area (TPSA) is 42.0 Å². The van der Waals surface area contributed by atoms with Crippen LogP contribution in [0.25, 0.3) is 5.57 Å². The van der Waals surface area contributed by atoms with Gasteiger partial charge in [-0.25, -0.2) is 0 Å². The third kappa shape index (κ3) is 3.50. The Morgan fingerprint density at radius 3 is 1.57 bits per heavy atom.